The first-order chi connectivity index (χ1) is 8.95. The number of anilines is 1. The molecule has 0 aromatic heterocycles. The molecule has 1 aliphatic heterocycles. The monoisotopic (exact) mass is 271 g/mol. The van der Waals surface area contributed by atoms with Crippen LogP contribution >= 0.6 is 0 Å². The minimum absolute atomic E-state index is 0.0736. The molecule has 0 amide bonds. The van der Waals surface area contributed by atoms with E-state index >= 15 is 0 Å². The number of ether oxygens (including phenoxy) is 2. The summed E-state index contributed by atoms with van der Waals surface area (Å²) in [5.41, 5.74) is 1.60. The van der Waals surface area contributed by atoms with Crippen molar-refractivity contribution in [2.24, 2.45) is 0 Å². The molecule has 1 aromatic rings. The average molecular weight is 271 g/mol. The Morgan fingerprint density at radius 1 is 1.26 bits per heavy atom. The van der Waals surface area contributed by atoms with Gasteiger partial charge in [0.15, 0.2) is 0 Å². The average Bonchev–Trinajstić information content (AvgIpc) is 2.26. The lowest BCUT2D eigenvalue weighted by Crippen LogP contribution is -2.45. The minimum Gasteiger partial charge on any atom is -0.433 e. The molecular weight excluding hydrogens is 252 g/mol. The van der Waals surface area contributed by atoms with Crippen LogP contribution in [-0.2, 0) is 4.74 Å². The Kier molecular flexibility index (Phi) is 4.24. The smallest absolute Gasteiger partial charge is 0.387 e. The number of rotatable bonds is 3. The van der Waals surface area contributed by atoms with E-state index in [1.165, 1.54) is 0 Å². The minimum atomic E-state index is -2.81. The van der Waals surface area contributed by atoms with E-state index in [9.17, 15) is 8.78 Å². The molecule has 0 saturated carbocycles. The van der Waals surface area contributed by atoms with Crippen molar-refractivity contribution in [1.29, 1.82) is 0 Å². The maximum Gasteiger partial charge on any atom is 0.387 e. The van der Waals surface area contributed by atoms with E-state index in [0.29, 0.717) is 18.8 Å². The van der Waals surface area contributed by atoms with Crippen LogP contribution in [0.2, 0.25) is 0 Å². The third-order valence-corrected chi connectivity index (χ3v) is 3.09. The Morgan fingerprint density at radius 3 is 2.47 bits per heavy atom. The molecular formula is C14H19F2NO2. The van der Waals surface area contributed by atoms with Gasteiger partial charge < -0.3 is 14.4 Å². The number of halogens is 2. The number of nitrogens with zero attached hydrogens (tertiary/aromatic N) is 1. The largest absolute Gasteiger partial charge is 0.433 e. The van der Waals surface area contributed by atoms with Gasteiger partial charge in [-0.2, -0.15) is 8.78 Å². The predicted octanol–water partition coefficient (Wildman–Crippen LogP) is 3.21. The number of aryl methyl sites for hydroxylation is 1. The quantitative estimate of drug-likeness (QED) is 0.842. The Hall–Kier alpha value is -1.36. The second-order valence-electron chi connectivity index (χ2n) is 5.01. The van der Waals surface area contributed by atoms with Crippen LogP contribution in [0.3, 0.4) is 0 Å². The van der Waals surface area contributed by atoms with E-state index in [1.807, 2.05) is 37.8 Å². The molecule has 0 spiro atoms. The molecule has 1 heterocycles. The van der Waals surface area contributed by atoms with Crippen LogP contribution in [0.15, 0.2) is 18.2 Å². The van der Waals surface area contributed by atoms with E-state index in [0.717, 1.165) is 5.56 Å². The van der Waals surface area contributed by atoms with Crippen LogP contribution in [-0.4, -0.2) is 31.9 Å². The van der Waals surface area contributed by atoms with E-state index in [2.05, 4.69) is 4.74 Å². The topological polar surface area (TPSA) is 21.7 Å². The van der Waals surface area contributed by atoms with Gasteiger partial charge in [-0.15, -0.1) is 0 Å². The molecule has 1 aliphatic rings. The second kappa shape index (κ2) is 5.74. The fourth-order valence-electron chi connectivity index (χ4n) is 2.45. The van der Waals surface area contributed by atoms with E-state index in [1.54, 1.807) is 6.07 Å². The van der Waals surface area contributed by atoms with Crippen LogP contribution in [0.1, 0.15) is 19.4 Å². The van der Waals surface area contributed by atoms with Gasteiger partial charge >= 0.3 is 6.61 Å². The van der Waals surface area contributed by atoms with Gasteiger partial charge in [0.05, 0.1) is 17.9 Å². The van der Waals surface area contributed by atoms with Gasteiger partial charge in [0.1, 0.15) is 5.75 Å². The van der Waals surface area contributed by atoms with Gasteiger partial charge in [0.2, 0.25) is 0 Å². The summed E-state index contributed by atoms with van der Waals surface area (Å²) in [6, 6.07) is 5.38. The summed E-state index contributed by atoms with van der Waals surface area (Å²) in [6.07, 6.45) is 0.147. The summed E-state index contributed by atoms with van der Waals surface area (Å²) < 4.78 is 35.3. The normalized spacial score (nSPS) is 23.8. The highest BCUT2D eigenvalue weighted by Crippen LogP contribution is 2.32. The summed E-state index contributed by atoms with van der Waals surface area (Å²) in [5, 5.41) is 0. The predicted molar refractivity (Wildman–Crippen MR) is 70.0 cm³/mol. The van der Waals surface area contributed by atoms with Gasteiger partial charge in [0, 0.05) is 13.1 Å². The maximum atomic E-state index is 12.5. The summed E-state index contributed by atoms with van der Waals surface area (Å²) in [7, 11) is 0. The van der Waals surface area contributed by atoms with Gasteiger partial charge in [-0.3, -0.25) is 0 Å². The molecule has 0 bridgehead atoms. The molecule has 1 aromatic carbocycles. The van der Waals surface area contributed by atoms with Gasteiger partial charge in [-0.1, -0.05) is 6.07 Å². The highest BCUT2D eigenvalue weighted by atomic mass is 19.3. The fraction of sp³-hybridized carbons (Fsp3) is 0.571. The lowest BCUT2D eigenvalue weighted by molar-refractivity contribution is -0.0499. The number of hydrogen-bond donors (Lipinski definition) is 0. The third kappa shape index (κ3) is 3.56. The first-order valence-electron chi connectivity index (χ1n) is 6.41. The third-order valence-electron chi connectivity index (χ3n) is 3.09. The van der Waals surface area contributed by atoms with Crippen molar-refractivity contribution in [3.63, 3.8) is 0 Å². The molecule has 2 atom stereocenters. The molecule has 0 radical (unpaired) electrons. The molecule has 1 saturated heterocycles. The first kappa shape index (κ1) is 14.1. The van der Waals surface area contributed by atoms with Crippen molar-refractivity contribution >= 4 is 5.69 Å². The Morgan fingerprint density at radius 2 is 1.89 bits per heavy atom. The van der Waals surface area contributed by atoms with Crippen molar-refractivity contribution in [2.75, 3.05) is 18.0 Å². The number of hydrogen-bond acceptors (Lipinski definition) is 3. The summed E-state index contributed by atoms with van der Waals surface area (Å²) in [4.78, 5) is 2.04. The van der Waals surface area contributed by atoms with E-state index in [4.69, 9.17) is 4.74 Å². The van der Waals surface area contributed by atoms with Crippen LogP contribution in [0.25, 0.3) is 0 Å². The highest BCUT2D eigenvalue weighted by Gasteiger charge is 2.25. The van der Waals surface area contributed by atoms with Crippen molar-refractivity contribution in [3.8, 4) is 5.75 Å². The SMILES string of the molecule is Cc1ccc(N2CC(C)OC(C)C2)c(OC(F)F)c1. The molecule has 0 aliphatic carbocycles. The molecule has 2 unspecified atom stereocenters. The standard InChI is InChI=1S/C14H19F2NO2/c1-9-4-5-12(13(6-9)19-14(15)16)17-7-10(2)18-11(3)8-17/h4-6,10-11,14H,7-8H2,1-3H3. The number of benzene rings is 1. The Labute approximate surface area is 112 Å². The lowest BCUT2D eigenvalue weighted by Gasteiger charge is -2.37. The molecule has 19 heavy (non-hydrogen) atoms. The van der Waals surface area contributed by atoms with Crippen LogP contribution in [0, 0.1) is 6.92 Å². The zero-order chi connectivity index (χ0) is 14.0. The van der Waals surface area contributed by atoms with Crippen molar-refractivity contribution in [3.05, 3.63) is 23.8 Å². The molecule has 2 rings (SSSR count). The number of alkyl halides is 2. The van der Waals surface area contributed by atoms with E-state index in [-0.39, 0.29) is 18.0 Å². The lowest BCUT2D eigenvalue weighted by atomic mass is 10.1. The Bertz CT molecular complexity index is 429. The van der Waals surface area contributed by atoms with Gasteiger partial charge in [-0.25, -0.2) is 0 Å². The molecule has 1 fully saturated rings. The van der Waals surface area contributed by atoms with Crippen LogP contribution < -0.4 is 9.64 Å². The van der Waals surface area contributed by atoms with Gasteiger partial charge in [-0.05, 0) is 38.5 Å². The fourth-order valence-corrected chi connectivity index (χ4v) is 2.45. The number of morpholine rings is 1. The summed E-state index contributed by atoms with van der Waals surface area (Å²) in [5.74, 6) is 0.233. The molecule has 0 N–H and O–H groups in total. The summed E-state index contributed by atoms with van der Waals surface area (Å²) >= 11 is 0. The zero-order valence-electron chi connectivity index (χ0n) is 11.4. The second-order valence-corrected chi connectivity index (χ2v) is 5.01. The molecule has 106 valence electrons. The van der Waals surface area contributed by atoms with Crippen molar-refractivity contribution in [1.82, 2.24) is 0 Å². The van der Waals surface area contributed by atoms with Crippen molar-refractivity contribution in [2.45, 2.75) is 39.6 Å². The summed E-state index contributed by atoms with van der Waals surface area (Å²) in [6.45, 7) is 4.35. The first-order valence-corrected chi connectivity index (χ1v) is 6.41. The van der Waals surface area contributed by atoms with Crippen LogP contribution in [0.5, 0.6) is 5.75 Å². The molecule has 5 heteroatoms. The van der Waals surface area contributed by atoms with E-state index < -0.39 is 6.61 Å². The van der Waals surface area contributed by atoms with Gasteiger partial charge in [0.25, 0.3) is 0 Å². The Balaban J connectivity index is 2.27. The molecule has 3 nitrogen and oxygen atoms in total. The maximum absolute atomic E-state index is 12.5. The van der Waals surface area contributed by atoms with Crippen molar-refractivity contribution < 1.29 is 18.3 Å². The zero-order valence-corrected chi connectivity index (χ0v) is 11.4. The highest BCUT2D eigenvalue weighted by molar-refractivity contribution is 5.60. The van der Waals surface area contributed by atoms with Crippen LogP contribution in [0.4, 0.5) is 14.5 Å².